The predicted octanol–water partition coefficient (Wildman–Crippen LogP) is 3.89. The van der Waals surface area contributed by atoms with E-state index in [1.54, 1.807) is 0 Å². The van der Waals surface area contributed by atoms with Crippen LogP contribution in [0.5, 0.6) is 0 Å². The van der Waals surface area contributed by atoms with E-state index in [1.807, 2.05) is 11.8 Å². The third kappa shape index (κ3) is 2.60. The molecule has 1 aliphatic heterocycles. The van der Waals surface area contributed by atoms with Gasteiger partial charge in [0.25, 0.3) is 0 Å². The van der Waals surface area contributed by atoms with Gasteiger partial charge in [0.2, 0.25) is 0 Å². The summed E-state index contributed by atoms with van der Waals surface area (Å²) in [6.45, 7) is 0.387. The molecule has 2 unspecified atom stereocenters. The lowest BCUT2D eigenvalue weighted by Gasteiger charge is -2.23. The van der Waals surface area contributed by atoms with Gasteiger partial charge in [-0.2, -0.15) is 0 Å². The summed E-state index contributed by atoms with van der Waals surface area (Å²) in [5.41, 5.74) is 1.51. The highest BCUT2D eigenvalue weighted by atomic mass is 32.2. The number of benzene rings is 1. The van der Waals surface area contributed by atoms with Gasteiger partial charge in [0.15, 0.2) is 0 Å². The zero-order valence-electron chi connectivity index (χ0n) is 10.8. The molecule has 1 nitrogen and oxygen atoms in total. The Morgan fingerprint density at radius 1 is 1.22 bits per heavy atom. The molecule has 1 aromatic rings. The molecule has 1 aromatic carbocycles. The molecular formula is C16H22OS. The lowest BCUT2D eigenvalue weighted by molar-refractivity contribution is 0.167. The number of rotatable bonds is 4. The molecule has 1 N–H and O–H groups in total. The molecule has 2 atom stereocenters. The molecular weight excluding hydrogens is 240 g/mol. The minimum Gasteiger partial charge on any atom is -0.396 e. The Morgan fingerprint density at radius 3 is 2.72 bits per heavy atom. The summed E-state index contributed by atoms with van der Waals surface area (Å²) < 4.78 is 0. The molecule has 1 fully saturated rings. The normalized spacial score (nSPS) is 25.3. The van der Waals surface area contributed by atoms with Gasteiger partial charge >= 0.3 is 0 Å². The highest BCUT2D eigenvalue weighted by molar-refractivity contribution is 8.00. The highest BCUT2D eigenvalue weighted by Gasteiger charge is 2.30. The summed E-state index contributed by atoms with van der Waals surface area (Å²) in [6.07, 6.45) is 7.83. The summed E-state index contributed by atoms with van der Waals surface area (Å²) in [7, 11) is 0. The van der Waals surface area contributed by atoms with E-state index < -0.39 is 0 Å². The third-order valence-electron chi connectivity index (χ3n) is 4.58. The van der Waals surface area contributed by atoms with E-state index in [4.69, 9.17) is 0 Å². The second kappa shape index (κ2) is 5.66. The SMILES string of the molecule is OCC(CC1Cc2ccccc2S1)C1CCCC1. The van der Waals surface area contributed by atoms with Crippen LogP contribution in [-0.2, 0) is 6.42 Å². The fraction of sp³-hybridized carbons (Fsp3) is 0.625. The van der Waals surface area contributed by atoms with Crippen molar-refractivity contribution in [1.82, 2.24) is 0 Å². The molecule has 0 saturated heterocycles. The zero-order valence-corrected chi connectivity index (χ0v) is 11.7. The molecule has 0 amide bonds. The Kier molecular flexibility index (Phi) is 3.95. The summed E-state index contributed by atoms with van der Waals surface area (Å²) in [5, 5.41) is 10.3. The Labute approximate surface area is 114 Å². The average molecular weight is 262 g/mol. The van der Waals surface area contributed by atoms with Gasteiger partial charge in [-0.05, 0) is 36.3 Å². The van der Waals surface area contributed by atoms with E-state index in [9.17, 15) is 5.11 Å². The number of aliphatic hydroxyl groups excluding tert-OH is 1. The Balaban J connectivity index is 1.60. The highest BCUT2D eigenvalue weighted by Crippen LogP contribution is 2.42. The van der Waals surface area contributed by atoms with Crippen LogP contribution in [0.4, 0.5) is 0 Å². The van der Waals surface area contributed by atoms with Gasteiger partial charge in [-0.15, -0.1) is 11.8 Å². The first kappa shape index (κ1) is 12.6. The second-order valence-corrected chi connectivity index (χ2v) is 7.12. The van der Waals surface area contributed by atoms with E-state index in [1.165, 1.54) is 49.0 Å². The molecule has 3 rings (SSSR count). The summed E-state index contributed by atoms with van der Waals surface area (Å²) >= 11 is 2.03. The van der Waals surface area contributed by atoms with Crippen molar-refractivity contribution in [2.24, 2.45) is 11.8 Å². The van der Waals surface area contributed by atoms with E-state index in [-0.39, 0.29) is 0 Å². The van der Waals surface area contributed by atoms with Crippen molar-refractivity contribution in [3.63, 3.8) is 0 Å². The maximum absolute atomic E-state index is 9.65. The van der Waals surface area contributed by atoms with Crippen molar-refractivity contribution in [2.45, 2.75) is 48.7 Å². The van der Waals surface area contributed by atoms with Gasteiger partial charge in [-0.1, -0.05) is 43.9 Å². The predicted molar refractivity (Wildman–Crippen MR) is 76.9 cm³/mol. The minimum atomic E-state index is 0.387. The van der Waals surface area contributed by atoms with Gasteiger partial charge in [0, 0.05) is 16.8 Å². The smallest absolute Gasteiger partial charge is 0.0462 e. The van der Waals surface area contributed by atoms with Crippen LogP contribution in [0.2, 0.25) is 0 Å². The molecule has 98 valence electrons. The number of hydrogen-bond donors (Lipinski definition) is 1. The van der Waals surface area contributed by atoms with Crippen molar-refractivity contribution < 1.29 is 5.11 Å². The molecule has 0 bridgehead atoms. The number of hydrogen-bond acceptors (Lipinski definition) is 2. The fourth-order valence-corrected chi connectivity index (χ4v) is 4.99. The molecule has 0 spiro atoms. The van der Waals surface area contributed by atoms with Crippen LogP contribution in [0.25, 0.3) is 0 Å². The second-order valence-electron chi connectivity index (χ2n) is 5.77. The van der Waals surface area contributed by atoms with Crippen LogP contribution in [0, 0.1) is 11.8 Å². The van der Waals surface area contributed by atoms with E-state index in [0.717, 1.165) is 5.92 Å². The zero-order chi connectivity index (χ0) is 12.4. The number of aliphatic hydroxyl groups is 1. The van der Waals surface area contributed by atoms with E-state index in [0.29, 0.717) is 17.8 Å². The minimum absolute atomic E-state index is 0.387. The van der Waals surface area contributed by atoms with Crippen molar-refractivity contribution in [1.29, 1.82) is 0 Å². The standard InChI is InChI=1S/C16H22OS/c17-11-14(12-5-1-2-6-12)10-15-9-13-7-3-4-8-16(13)18-15/h3-4,7-8,12,14-15,17H,1-2,5-6,9-11H2. The third-order valence-corrected chi connectivity index (χ3v) is 5.93. The largest absolute Gasteiger partial charge is 0.396 e. The van der Waals surface area contributed by atoms with Crippen LogP contribution in [-0.4, -0.2) is 17.0 Å². The molecule has 2 heteroatoms. The molecule has 2 aliphatic rings. The van der Waals surface area contributed by atoms with Gasteiger partial charge in [0.05, 0.1) is 0 Å². The van der Waals surface area contributed by atoms with Gasteiger partial charge in [0.1, 0.15) is 0 Å². The Bertz CT molecular complexity index is 373. The number of thioether (sulfide) groups is 1. The lowest BCUT2D eigenvalue weighted by Crippen LogP contribution is -2.21. The quantitative estimate of drug-likeness (QED) is 0.888. The summed E-state index contributed by atoms with van der Waals surface area (Å²) in [5.74, 6) is 1.33. The van der Waals surface area contributed by atoms with Crippen LogP contribution >= 0.6 is 11.8 Å². The Morgan fingerprint density at radius 2 is 2.00 bits per heavy atom. The molecule has 0 aromatic heterocycles. The van der Waals surface area contributed by atoms with Crippen molar-refractivity contribution in [2.75, 3.05) is 6.61 Å². The van der Waals surface area contributed by atoms with Crippen LogP contribution < -0.4 is 0 Å². The first-order valence-electron chi connectivity index (χ1n) is 7.22. The molecule has 1 saturated carbocycles. The van der Waals surface area contributed by atoms with Crippen molar-refractivity contribution >= 4 is 11.8 Å². The average Bonchev–Trinajstić information content (AvgIpc) is 3.04. The molecule has 18 heavy (non-hydrogen) atoms. The fourth-order valence-electron chi connectivity index (χ4n) is 3.57. The molecule has 1 heterocycles. The maximum Gasteiger partial charge on any atom is 0.0462 e. The van der Waals surface area contributed by atoms with Gasteiger partial charge in [-0.25, -0.2) is 0 Å². The van der Waals surface area contributed by atoms with Gasteiger partial charge in [-0.3, -0.25) is 0 Å². The van der Waals surface area contributed by atoms with Crippen molar-refractivity contribution in [3.8, 4) is 0 Å². The topological polar surface area (TPSA) is 20.2 Å². The first-order valence-corrected chi connectivity index (χ1v) is 8.10. The van der Waals surface area contributed by atoms with Crippen LogP contribution in [0.1, 0.15) is 37.7 Å². The monoisotopic (exact) mass is 262 g/mol. The van der Waals surface area contributed by atoms with E-state index >= 15 is 0 Å². The Hall–Kier alpha value is -0.470. The summed E-state index contributed by atoms with van der Waals surface area (Å²) in [6, 6.07) is 8.77. The number of fused-ring (bicyclic) bond motifs is 1. The van der Waals surface area contributed by atoms with E-state index in [2.05, 4.69) is 24.3 Å². The molecule has 0 radical (unpaired) electrons. The summed E-state index contributed by atoms with van der Waals surface area (Å²) in [4.78, 5) is 1.46. The maximum atomic E-state index is 9.65. The van der Waals surface area contributed by atoms with Crippen molar-refractivity contribution in [3.05, 3.63) is 29.8 Å². The van der Waals surface area contributed by atoms with Gasteiger partial charge < -0.3 is 5.11 Å². The first-order chi connectivity index (χ1) is 8.86. The van der Waals surface area contributed by atoms with Crippen LogP contribution in [0.3, 0.4) is 0 Å². The lowest BCUT2D eigenvalue weighted by atomic mass is 9.86. The molecule has 1 aliphatic carbocycles. The van der Waals surface area contributed by atoms with Crippen LogP contribution in [0.15, 0.2) is 29.2 Å².